The van der Waals surface area contributed by atoms with Crippen molar-refractivity contribution in [3.63, 3.8) is 0 Å². The minimum Gasteiger partial charge on any atom is -0.507 e. The van der Waals surface area contributed by atoms with Gasteiger partial charge in [0.15, 0.2) is 0 Å². The van der Waals surface area contributed by atoms with Crippen LogP contribution in [0.25, 0.3) is 10.8 Å². The molecule has 4 heteroatoms. The van der Waals surface area contributed by atoms with E-state index in [4.69, 9.17) is 0 Å². The number of para-hydroxylation sites is 1. The Bertz CT molecular complexity index is 830. The minimum absolute atomic E-state index is 0.0788. The maximum Gasteiger partial charge on any atom is 0.259 e. The van der Waals surface area contributed by atoms with E-state index >= 15 is 0 Å². The first kappa shape index (κ1) is 13.1. The van der Waals surface area contributed by atoms with E-state index in [1.807, 2.05) is 24.3 Å². The highest BCUT2D eigenvalue weighted by Crippen LogP contribution is 2.26. The molecule has 0 aromatic heterocycles. The second-order valence-corrected chi connectivity index (χ2v) is 4.65. The predicted molar refractivity (Wildman–Crippen MR) is 80.0 cm³/mol. The summed E-state index contributed by atoms with van der Waals surface area (Å²) >= 11 is 0. The molecular weight excluding hydrogens is 269 g/mol. The third-order valence-corrected chi connectivity index (χ3v) is 3.23. The van der Waals surface area contributed by atoms with E-state index < -0.39 is 11.7 Å². The number of phenols is 1. The van der Waals surface area contributed by atoms with Crippen molar-refractivity contribution in [2.24, 2.45) is 0 Å². The Morgan fingerprint density at radius 3 is 2.29 bits per heavy atom. The van der Waals surface area contributed by atoms with Crippen LogP contribution in [0.1, 0.15) is 10.4 Å². The van der Waals surface area contributed by atoms with Crippen molar-refractivity contribution in [3.8, 4) is 5.75 Å². The number of rotatable bonds is 2. The number of carbonyl (C=O) groups excluding carboxylic acids is 1. The number of aromatic hydroxyl groups is 1. The molecule has 2 N–H and O–H groups in total. The number of phenolic OH excluding ortho intramolecular Hbond substituents is 1. The summed E-state index contributed by atoms with van der Waals surface area (Å²) in [6.45, 7) is 0. The lowest BCUT2D eigenvalue weighted by Crippen LogP contribution is -2.13. The van der Waals surface area contributed by atoms with Crippen LogP contribution >= 0.6 is 0 Å². The van der Waals surface area contributed by atoms with Gasteiger partial charge in [0.05, 0.1) is 11.3 Å². The lowest BCUT2D eigenvalue weighted by Gasteiger charge is -2.09. The zero-order chi connectivity index (χ0) is 14.8. The molecule has 21 heavy (non-hydrogen) atoms. The molecule has 0 aliphatic heterocycles. The Balaban J connectivity index is 1.98. The molecule has 0 fully saturated rings. The molecule has 3 aromatic rings. The van der Waals surface area contributed by atoms with Crippen LogP contribution in [-0.4, -0.2) is 11.0 Å². The molecule has 0 aliphatic rings. The van der Waals surface area contributed by atoms with Gasteiger partial charge < -0.3 is 10.4 Å². The highest BCUT2D eigenvalue weighted by Gasteiger charge is 2.14. The van der Waals surface area contributed by atoms with E-state index in [1.165, 1.54) is 18.2 Å². The number of benzene rings is 3. The molecule has 0 atom stereocenters. The Hall–Kier alpha value is -2.88. The van der Waals surface area contributed by atoms with E-state index in [2.05, 4.69) is 5.32 Å². The van der Waals surface area contributed by atoms with Crippen LogP contribution in [0.3, 0.4) is 0 Å². The number of halogens is 1. The molecule has 0 aliphatic carbocycles. The summed E-state index contributed by atoms with van der Waals surface area (Å²) in [5.74, 6) is -1.21. The molecule has 1 amide bonds. The molecule has 3 aromatic carbocycles. The molecule has 104 valence electrons. The first-order valence-electron chi connectivity index (χ1n) is 6.43. The minimum atomic E-state index is -0.552. The normalized spacial score (nSPS) is 10.5. The Kier molecular flexibility index (Phi) is 3.28. The van der Waals surface area contributed by atoms with Gasteiger partial charge in [-0.15, -0.1) is 0 Å². The zero-order valence-corrected chi connectivity index (χ0v) is 11.0. The van der Waals surface area contributed by atoms with E-state index in [0.29, 0.717) is 0 Å². The number of amides is 1. The van der Waals surface area contributed by atoms with Gasteiger partial charge >= 0.3 is 0 Å². The molecule has 0 saturated carbocycles. The summed E-state index contributed by atoms with van der Waals surface area (Å²) in [7, 11) is 0. The SMILES string of the molecule is O=C(Nc1ccccc1F)c1cc2ccccc2cc1O. The van der Waals surface area contributed by atoms with Crippen molar-refractivity contribution in [1.82, 2.24) is 0 Å². The van der Waals surface area contributed by atoms with Crippen molar-refractivity contribution in [2.75, 3.05) is 5.32 Å². The molecule has 0 radical (unpaired) electrons. The van der Waals surface area contributed by atoms with Gasteiger partial charge in [0.2, 0.25) is 0 Å². The average Bonchev–Trinajstić information content (AvgIpc) is 2.49. The monoisotopic (exact) mass is 281 g/mol. The fourth-order valence-corrected chi connectivity index (χ4v) is 2.16. The number of nitrogens with one attached hydrogen (secondary N) is 1. The van der Waals surface area contributed by atoms with Crippen molar-refractivity contribution in [3.05, 3.63) is 72.0 Å². The van der Waals surface area contributed by atoms with Crippen LogP contribution in [0, 0.1) is 5.82 Å². The van der Waals surface area contributed by atoms with Crippen LogP contribution in [0.2, 0.25) is 0 Å². The highest BCUT2D eigenvalue weighted by atomic mass is 19.1. The largest absolute Gasteiger partial charge is 0.507 e. The van der Waals surface area contributed by atoms with Crippen molar-refractivity contribution in [1.29, 1.82) is 0 Å². The molecule has 0 heterocycles. The summed E-state index contributed by atoms with van der Waals surface area (Å²) in [6, 6.07) is 16.4. The van der Waals surface area contributed by atoms with Gasteiger partial charge in [-0.1, -0.05) is 36.4 Å². The third kappa shape index (κ3) is 2.56. The molecule has 0 spiro atoms. The third-order valence-electron chi connectivity index (χ3n) is 3.23. The Morgan fingerprint density at radius 2 is 1.57 bits per heavy atom. The fourth-order valence-electron chi connectivity index (χ4n) is 2.16. The summed E-state index contributed by atoms with van der Waals surface area (Å²) in [5.41, 5.74) is 0.187. The van der Waals surface area contributed by atoms with Gasteiger partial charge in [-0.25, -0.2) is 4.39 Å². The van der Waals surface area contributed by atoms with Crippen LogP contribution in [-0.2, 0) is 0 Å². The summed E-state index contributed by atoms with van der Waals surface area (Å²) in [6.07, 6.45) is 0. The molecule has 3 rings (SSSR count). The van der Waals surface area contributed by atoms with E-state index in [0.717, 1.165) is 10.8 Å². The summed E-state index contributed by atoms with van der Waals surface area (Å²) in [5, 5.41) is 14.1. The van der Waals surface area contributed by atoms with E-state index in [9.17, 15) is 14.3 Å². The first-order valence-corrected chi connectivity index (χ1v) is 6.43. The van der Waals surface area contributed by atoms with Gasteiger partial charge in [-0.3, -0.25) is 4.79 Å². The van der Waals surface area contributed by atoms with Crippen LogP contribution in [0.5, 0.6) is 5.75 Å². The van der Waals surface area contributed by atoms with Crippen LogP contribution < -0.4 is 5.32 Å². The van der Waals surface area contributed by atoms with Gasteiger partial charge in [0.1, 0.15) is 11.6 Å². The van der Waals surface area contributed by atoms with Crippen LogP contribution in [0.4, 0.5) is 10.1 Å². The van der Waals surface area contributed by atoms with E-state index in [1.54, 1.807) is 18.2 Å². The Morgan fingerprint density at radius 1 is 0.952 bits per heavy atom. The average molecular weight is 281 g/mol. The topological polar surface area (TPSA) is 49.3 Å². The first-order chi connectivity index (χ1) is 10.1. The Labute approximate surface area is 120 Å². The maximum atomic E-state index is 13.5. The molecule has 0 saturated heterocycles. The van der Waals surface area contributed by atoms with Gasteiger partial charge in [0, 0.05) is 0 Å². The standard InChI is InChI=1S/C17H12FNO2/c18-14-7-3-4-8-15(14)19-17(21)13-9-11-5-1-2-6-12(11)10-16(13)20/h1-10,20H,(H,19,21). The van der Waals surface area contributed by atoms with Crippen molar-refractivity contribution < 1.29 is 14.3 Å². The number of carbonyl (C=O) groups is 1. The lowest BCUT2D eigenvalue weighted by atomic mass is 10.1. The lowest BCUT2D eigenvalue weighted by molar-refractivity contribution is 0.102. The van der Waals surface area contributed by atoms with Gasteiger partial charge in [-0.2, -0.15) is 0 Å². The highest BCUT2D eigenvalue weighted by molar-refractivity contribution is 6.08. The predicted octanol–water partition coefficient (Wildman–Crippen LogP) is 3.94. The summed E-state index contributed by atoms with van der Waals surface area (Å²) in [4.78, 5) is 12.2. The van der Waals surface area contributed by atoms with E-state index in [-0.39, 0.29) is 17.0 Å². The van der Waals surface area contributed by atoms with Crippen molar-refractivity contribution in [2.45, 2.75) is 0 Å². The van der Waals surface area contributed by atoms with Crippen molar-refractivity contribution >= 4 is 22.4 Å². The zero-order valence-electron chi connectivity index (χ0n) is 11.0. The molecule has 3 nitrogen and oxygen atoms in total. The van der Waals surface area contributed by atoms with Crippen LogP contribution in [0.15, 0.2) is 60.7 Å². The smallest absolute Gasteiger partial charge is 0.259 e. The number of anilines is 1. The summed E-state index contributed by atoms with van der Waals surface area (Å²) < 4.78 is 13.5. The molecule has 0 bridgehead atoms. The van der Waals surface area contributed by atoms with Gasteiger partial charge in [0.25, 0.3) is 5.91 Å². The second-order valence-electron chi connectivity index (χ2n) is 4.65. The number of hydrogen-bond acceptors (Lipinski definition) is 2. The number of hydrogen-bond donors (Lipinski definition) is 2. The second kappa shape index (κ2) is 5.25. The number of fused-ring (bicyclic) bond motifs is 1. The maximum absolute atomic E-state index is 13.5. The fraction of sp³-hybridized carbons (Fsp3) is 0. The van der Waals surface area contributed by atoms with Gasteiger partial charge in [-0.05, 0) is 35.0 Å². The molecular formula is C17H12FNO2. The quantitative estimate of drug-likeness (QED) is 0.747. The molecule has 0 unspecified atom stereocenters.